The highest BCUT2D eigenvalue weighted by molar-refractivity contribution is 5.63. The molecule has 2 heterocycles. The van der Waals surface area contributed by atoms with Crippen molar-refractivity contribution in [2.45, 2.75) is 32.7 Å². The topological polar surface area (TPSA) is 75.3 Å². The number of hydrogen-bond donors (Lipinski definition) is 2. The van der Waals surface area contributed by atoms with Gasteiger partial charge in [-0.15, -0.1) is 10.2 Å². The Morgan fingerprint density at radius 2 is 2.24 bits per heavy atom. The molecule has 2 aromatic heterocycles. The van der Waals surface area contributed by atoms with Crippen LogP contribution in [0.3, 0.4) is 0 Å². The summed E-state index contributed by atoms with van der Waals surface area (Å²) in [7, 11) is 0. The van der Waals surface area contributed by atoms with Crippen LogP contribution >= 0.6 is 0 Å². The van der Waals surface area contributed by atoms with Gasteiger partial charge in [0, 0.05) is 12.4 Å². The molecule has 0 aromatic carbocycles. The highest BCUT2D eigenvalue weighted by atomic mass is 16.3. The van der Waals surface area contributed by atoms with Gasteiger partial charge in [-0.1, -0.05) is 6.92 Å². The quantitative estimate of drug-likeness (QED) is 0.827. The third-order valence-corrected chi connectivity index (χ3v) is 3.05. The minimum absolute atomic E-state index is 0.0410. The molecule has 1 atom stereocenters. The number of anilines is 1. The number of fused-ring (bicyclic) bond motifs is 1. The van der Waals surface area contributed by atoms with Crippen LogP contribution in [0.25, 0.3) is 5.65 Å². The van der Waals surface area contributed by atoms with Gasteiger partial charge >= 0.3 is 0 Å². The molecule has 0 spiro atoms. The molecule has 2 aromatic rings. The fraction of sp³-hybridized carbons (Fsp3) is 0.545. The zero-order chi connectivity index (χ0) is 12.5. The highest BCUT2D eigenvalue weighted by Crippen LogP contribution is 2.19. The molecule has 1 unspecified atom stereocenters. The van der Waals surface area contributed by atoms with Crippen LogP contribution in [0.2, 0.25) is 0 Å². The lowest BCUT2D eigenvalue weighted by atomic mass is 10.0. The van der Waals surface area contributed by atoms with E-state index in [2.05, 4.69) is 20.5 Å². The Bertz CT molecular complexity index is 518. The van der Waals surface area contributed by atoms with Crippen molar-refractivity contribution in [2.24, 2.45) is 0 Å². The first kappa shape index (κ1) is 11.8. The second-order valence-corrected chi connectivity index (χ2v) is 4.41. The van der Waals surface area contributed by atoms with Crippen molar-refractivity contribution in [3.8, 4) is 0 Å². The second kappa shape index (κ2) is 4.29. The zero-order valence-corrected chi connectivity index (χ0v) is 10.3. The second-order valence-electron chi connectivity index (χ2n) is 4.41. The molecule has 0 saturated heterocycles. The predicted octanol–water partition coefficient (Wildman–Crippen LogP) is 1.01. The van der Waals surface area contributed by atoms with E-state index in [1.165, 1.54) is 0 Å². The van der Waals surface area contributed by atoms with Crippen molar-refractivity contribution in [1.29, 1.82) is 0 Å². The van der Waals surface area contributed by atoms with Crippen molar-refractivity contribution in [2.75, 3.05) is 11.9 Å². The van der Waals surface area contributed by atoms with E-state index in [0.717, 1.165) is 12.2 Å². The molecule has 92 valence electrons. The minimum Gasteiger partial charge on any atom is -0.394 e. The van der Waals surface area contributed by atoms with E-state index in [9.17, 15) is 5.11 Å². The first-order chi connectivity index (χ1) is 8.09. The summed E-state index contributed by atoms with van der Waals surface area (Å²) in [6.45, 7) is 5.88. The van der Waals surface area contributed by atoms with E-state index in [1.54, 1.807) is 6.20 Å². The van der Waals surface area contributed by atoms with E-state index in [4.69, 9.17) is 0 Å². The van der Waals surface area contributed by atoms with Crippen LogP contribution in [-0.4, -0.2) is 36.8 Å². The van der Waals surface area contributed by atoms with Crippen LogP contribution in [0.15, 0.2) is 12.4 Å². The Morgan fingerprint density at radius 3 is 2.88 bits per heavy atom. The third kappa shape index (κ3) is 2.08. The van der Waals surface area contributed by atoms with Gasteiger partial charge in [0.05, 0.1) is 12.1 Å². The highest BCUT2D eigenvalue weighted by Gasteiger charge is 2.22. The van der Waals surface area contributed by atoms with Gasteiger partial charge in [0.2, 0.25) is 5.65 Å². The summed E-state index contributed by atoms with van der Waals surface area (Å²) in [4.78, 5) is 4.26. The SMILES string of the molecule is CCC(C)(CO)Nc1nccn2c(C)nnc12. The van der Waals surface area contributed by atoms with Gasteiger partial charge in [0.1, 0.15) is 5.82 Å². The van der Waals surface area contributed by atoms with Crippen LogP contribution in [0.5, 0.6) is 0 Å². The maximum atomic E-state index is 9.39. The first-order valence-corrected chi connectivity index (χ1v) is 5.65. The van der Waals surface area contributed by atoms with Crippen LogP contribution in [0.1, 0.15) is 26.1 Å². The molecule has 2 N–H and O–H groups in total. The Labute approximate surface area is 99.7 Å². The normalized spacial score (nSPS) is 14.8. The standard InChI is InChI=1S/C11H17N5O/c1-4-11(3,7-17)13-9-10-15-14-8(2)16(10)6-5-12-9/h5-6,17H,4,7H2,1-3H3,(H,12,13). The summed E-state index contributed by atoms with van der Waals surface area (Å²) in [6, 6.07) is 0. The average Bonchev–Trinajstić information content (AvgIpc) is 2.72. The number of aryl methyl sites for hydroxylation is 1. The van der Waals surface area contributed by atoms with Crippen molar-refractivity contribution in [3.63, 3.8) is 0 Å². The fourth-order valence-corrected chi connectivity index (χ4v) is 1.56. The minimum atomic E-state index is -0.394. The van der Waals surface area contributed by atoms with Gasteiger partial charge in [0.25, 0.3) is 0 Å². The lowest BCUT2D eigenvalue weighted by molar-refractivity contribution is 0.218. The van der Waals surface area contributed by atoms with Crippen LogP contribution < -0.4 is 5.32 Å². The predicted molar refractivity (Wildman–Crippen MR) is 64.9 cm³/mol. The van der Waals surface area contributed by atoms with Crippen molar-refractivity contribution in [3.05, 3.63) is 18.2 Å². The Kier molecular flexibility index (Phi) is 2.97. The molecule has 6 nitrogen and oxygen atoms in total. The molecule has 17 heavy (non-hydrogen) atoms. The number of aromatic nitrogens is 4. The molecule has 0 fully saturated rings. The third-order valence-electron chi connectivity index (χ3n) is 3.05. The van der Waals surface area contributed by atoms with E-state index >= 15 is 0 Å². The first-order valence-electron chi connectivity index (χ1n) is 5.65. The van der Waals surface area contributed by atoms with Crippen LogP contribution in [0, 0.1) is 6.92 Å². The number of hydrogen-bond acceptors (Lipinski definition) is 5. The van der Waals surface area contributed by atoms with E-state index in [-0.39, 0.29) is 6.61 Å². The van der Waals surface area contributed by atoms with E-state index in [1.807, 2.05) is 31.4 Å². The van der Waals surface area contributed by atoms with Gasteiger partial charge in [0.15, 0.2) is 5.82 Å². The zero-order valence-electron chi connectivity index (χ0n) is 10.3. The fourth-order valence-electron chi connectivity index (χ4n) is 1.56. The Morgan fingerprint density at radius 1 is 1.47 bits per heavy atom. The Hall–Kier alpha value is -1.69. The summed E-state index contributed by atoms with van der Waals surface area (Å²) in [6.07, 6.45) is 4.30. The van der Waals surface area contributed by atoms with Crippen molar-refractivity contribution in [1.82, 2.24) is 19.6 Å². The monoisotopic (exact) mass is 235 g/mol. The number of aliphatic hydroxyl groups is 1. The largest absolute Gasteiger partial charge is 0.394 e. The number of aliphatic hydroxyl groups excluding tert-OH is 1. The molecule has 0 aliphatic heterocycles. The number of rotatable bonds is 4. The van der Waals surface area contributed by atoms with Crippen LogP contribution in [0.4, 0.5) is 5.82 Å². The molecule has 6 heteroatoms. The van der Waals surface area contributed by atoms with Gasteiger partial charge in [-0.25, -0.2) is 4.98 Å². The summed E-state index contributed by atoms with van der Waals surface area (Å²) >= 11 is 0. The maximum Gasteiger partial charge on any atom is 0.203 e. The molecule has 0 aliphatic rings. The van der Waals surface area contributed by atoms with Gasteiger partial charge in [-0.2, -0.15) is 0 Å². The Balaban J connectivity index is 2.42. The number of nitrogens with zero attached hydrogens (tertiary/aromatic N) is 4. The summed E-state index contributed by atoms with van der Waals surface area (Å²) in [5, 5.41) is 20.7. The molecule has 0 aliphatic carbocycles. The molecular weight excluding hydrogens is 218 g/mol. The van der Waals surface area contributed by atoms with Crippen molar-refractivity contribution >= 4 is 11.5 Å². The summed E-state index contributed by atoms with van der Waals surface area (Å²) in [5.41, 5.74) is 0.285. The van der Waals surface area contributed by atoms with Gasteiger partial charge < -0.3 is 10.4 Å². The molecule has 0 amide bonds. The molecule has 0 radical (unpaired) electrons. The van der Waals surface area contributed by atoms with Gasteiger partial charge in [-0.3, -0.25) is 4.40 Å². The lowest BCUT2D eigenvalue weighted by Crippen LogP contribution is -2.38. The van der Waals surface area contributed by atoms with Crippen LogP contribution in [-0.2, 0) is 0 Å². The summed E-state index contributed by atoms with van der Waals surface area (Å²) < 4.78 is 1.86. The molecular formula is C11H17N5O. The average molecular weight is 235 g/mol. The lowest BCUT2D eigenvalue weighted by Gasteiger charge is -2.27. The van der Waals surface area contributed by atoms with E-state index < -0.39 is 5.54 Å². The van der Waals surface area contributed by atoms with Crippen molar-refractivity contribution < 1.29 is 5.11 Å². The van der Waals surface area contributed by atoms with Gasteiger partial charge in [-0.05, 0) is 20.3 Å². The smallest absolute Gasteiger partial charge is 0.203 e. The summed E-state index contributed by atoms with van der Waals surface area (Å²) in [5.74, 6) is 1.46. The molecule has 2 rings (SSSR count). The van der Waals surface area contributed by atoms with E-state index in [0.29, 0.717) is 11.5 Å². The maximum absolute atomic E-state index is 9.39. The molecule has 0 saturated carbocycles. The number of nitrogens with one attached hydrogen (secondary N) is 1. The molecule has 0 bridgehead atoms.